The second kappa shape index (κ2) is 10.6. The van der Waals surface area contributed by atoms with Gasteiger partial charge in [0, 0.05) is 31.7 Å². The van der Waals surface area contributed by atoms with Gasteiger partial charge in [0.1, 0.15) is 5.75 Å². The van der Waals surface area contributed by atoms with Crippen molar-refractivity contribution in [1.82, 2.24) is 10.2 Å². The third kappa shape index (κ3) is 5.62. The van der Waals surface area contributed by atoms with Gasteiger partial charge in [0.25, 0.3) is 5.91 Å². The van der Waals surface area contributed by atoms with Gasteiger partial charge < -0.3 is 19.9 Å². The molecule has 2 aromatic carbocycles. The molecule has 0 unspecified atom stereocenters. The minimum atomic E-state index is -0.297. The number of hydrogen-bond acceptors (Lipinski definition) is 5. The summed E-state index contributed by atoms with van der Waals surface area (Å²) in [5.41, 5.74) is 2.16. The fraction of sp³-hybridized carbons (Fsp3) is 0.364. The minimum absolute atomic E-state index is 0.220. The van der Waals surface area contributed by atoms with Crippen molar-refractivity contribution < 1.29 is 9.53 Å². The summed E-state index contributed by atoms with van der Waals surface area (Å²) in [5, 5.41) is 6.75. The number of ether oxygens (including phenoxy) is 1. The number of benzene rings is 2. The van der Waals surface area contributed by atoms with Crippen LogP contribution in [0.3, 0.4) is 0 Å². The Balaban J connectivity index is 1.69. The Morgan fingerprint density at radius 3 is 2.57 bits per heavy atom. The largest absolute Gasteiger partial charge is 0.494 e. The van der Waals surface area contributed by atoms with Crippen molar-refractivity contribution in [3.05, 3.63) is 53.1 Å². The van der Waals surface area contributed by atoms with E-state index in [4.69, 9.17) is 28.6 Å². The quantitative estimate of drug-likeness (QED) is 0.654. The summed E-state index contributed by atoms with van der Waals surface area (Å²) in [6.45, 7) is 9.39. The van der Waals surface area contributed by atoms with Crippen molar-refractivity contribution in [2.75, 3.05) is 49.5 Å². The zero-order valence-corrected chi connectivity index (χ0v) is 18.9. The number of halogens is 1. The van der Waals surface area contributed by atoms with Crippen LogP contribution in [0.2, 0.25) is 5.02 Å². The number of anilines is 2. The van der Waals surface area contributed by atoms with Crippen LogP contribution < -0.4 is 20.3 Å². The molecule has 0 atom stereocenters. The van der Waals surface area contributed by atoms with Gasteiger partial charge in [-0.1, -0.05) is 30.7 Å². The van der Waals surface area contributed by atoms with Crippen LogP contribution in [0, 0.1) is 0 Å². The zero-order chi connectivity index (χ0) is 21.5. The molecule has 1 fully saturated rings. The molecule has 0 bridgehead atoms. The van der Waals surface area contributed by atoms with E-state index < -0.39 is 0 Å². The molecule has 1 saturated heterocycles. The molecular weight excluding hydrogens is 420 g/mol. The van der Waals surface area contributed by atoms with E-state index in [1.54, 1.807) is 18.2 Å². The summed E-state index contributed by atoms with van der Waals surface area (Å²) in [6.07, 6.45) is 0. The normalized spacial score (nSPS) is 14.3. The lowest BCUT2D eigenvalue weighted by Gasteiger charge is -2.37. The van der Waals surface area contributed by atoms with Gasteiger partial charge in [-0.05, 0) is 56.0 Å². The number of nitrogens with one attached hydrogen (secondary N) is 2. The second-order valence-corrected chi connectivity index (χ2v) is 7.74. The minimum Gasteiger partial charge on any atom is -0.494 e. The standard InChI is InChI=1S/C22H27ClN4O2S/c1-3-26-11-13-27(14-12-26)20-18(23)9-6-10-19(20)24-22(30)25-21(28)16-7-5-8-17(15-16)29-4-2/h5-10,15H,3-4,11-14H2,1-2H3,(H2,24,25,28,30). The van der Waals surface area contributed by atoms with Crippen LogP contribution >= 0.6 is 23.8 Å². The molecule has 1 aliphatic rings. The maximum absolute atomic E-state index is 12.6. The van der Waals surface area contributed by atoms with Crippen molar-refractivity contribution in [3.8, 4) is 5.75 Å². The number of para-hydroxylation sites is 1. The summed E-state index contributed by atoms with van der Waals surface area (Å²) in [4.78, 5) is 17.2. The highest BCUT2D eigenvalue weighted by Crippen LogP contribution is 2.34. The van der Waals surface area contributed by atoms with E-state index in [-0.39, 0.29) is 11.0 Å². The van der Waals surface area contributed by atoms with Crippen molar-refractivity contribution in [2.45, 2.75) is 13.8 Å². The molecule has 0 saturated carbocycles. The van der Waals surface area contributed by atoms with Gasteiger partial charge in [0.05, 0.1) is 23.0 Å². The fourth-order valence-electron chi connectivity index (χ4n) is 3.45. The van der Waals surface area contributed by atoms with Gasteiger partial charge >= 0.3 is 0 Å². The molecule has 1 aliphatic heterocycles. The summed E-state index contributed by atoms with van der Waals surface area (Å²) in [7, 11) is 0. The van der Waals surface area contributed by atoms with E-state index >= 15 is 0 Å². The molecule has 0 aliphatic carbocycles. The highest BCUT2D eigenvalue weighted by molar-refractivity contribution is 7.80. The van der Waals surface area contributed by atoms with Gasteiger partial charge in [-0.25, -0.2) is 0 Å². The first kappa shape index (κ1) is 22.3. The monoisotopic (exact) mass is 446 g/mol. The lowest BCUT2D eigenvalue weighted by molar-refractivity contribution is 0.0977. The molecule has 0 aromatic heterocycles. The zero-order valence-electron chi connectivity index (χ0n) is 17.3. The first-order valence-corrected chi connectivity index (χ1v) is 10.9. The third-order valence-electron chi connectivity index (χ3n) is 5.01. The molecule has 30 heavy (non-hydrogen) atoms. The van der Waals surface area contributed by atoms with E-state index in [1.165, 1.54) is 0 Å². The number of nitrogens with zero attached hydrogens (tertiary/aromatic N) is 2. The third-order valence-corrected chi connectivity index (χ3v) is 5.51. The highest BCUT2D eigenvalue weighted by Gasteiger charge is 2.21. The van der Waals surface area contributed by atoms with Crippen LogP contribution in [0.25, 0.3) is 0 Å². The van der Waals surface area contributed by atoms with Crippen molar-refractivity contribution in [2.24, 2.45) is 0 Å². The summed E-state index contributed by atoms with van der Waals surface area (Å²) in [6, 6.07) is 12.7. The van der Waals surface area contributed by atoms with E-state index in [2.05, 4.69) is 27.4 Å². The average Bonchev–Trinajstić information content (AvgIpc) is 2.74. The van der Waals surface area contributed by atoms with Crippen LogP contribution in [0.15, 0.2) is 42.5 Å². The molecule has 3 rings (SSSR count). The molecule has 0 radical (unpaired) electrons. The summed E-state index contributed by atoms with van der Waals surface area (Å²) < 4.78 is 5.46. The molecule has 1 amide bonds. The molecular formula is C22H27ClN4O2S. The lowest BCUT2D eigenvalue weighted by atomic mass is 10.2. The van der Waals surface area contributed by atoms with Crippen molar-refractivity contribution >= 4 is 46.2 Å². The second-order valence-electron chi connectivity index (χ2n) is 6.93. The van der Waals surface area contributed by atoms with Gasteiger partial charge in [0.2, 0.25) is 0 Å². The van der Waals surface area contributed by atoms with E-state index in [0.29, 0.717) is 22.9 Å². The summed E-state index contributed by atoms with van der Waals surface area (Å²) >= 11 is 11.9. The number of carbonyl (C=O) groups excluding carboxylic acids is 1. The molecule has 2 aromatic rings. The Bertz CT molecular complexity index is 900. The van der Waals surface area contributed by atoms with Gasteiger partial charge in [-0.3, -0.25) is 10.1 Å². The molecule has 2 N–H and O–H groups in total. The van der Waals surface area contributed by atoms with Crippen LogP contribution in [0.1, 0.15) is 24.2 Å². The highest BCUT2D eigenvalue weighted by atomic mass is 35.5. The van der Waals surface area contributed by atoms with Crippen LogP contribution in [0.4, 0.5) is 11.4 Å². The predicted octanol–water partition coefficient (Wildman–Crippen LogP) is 4.01. The average molecular weight is 447 g/mol. The number of thiocarbonyl (C=S) groups is 1. The molecule has 160 valence electrons. The molecule has 8 heteroatoms. The Kier molecular flexibility index (Phi) is 7.90. The Morgan fingerprint density at radius 1 is 1.13 bits per heavy atom. The first-order valence-electron chi connectivity index (χ1n) is 10.1. The number of likely N-dealkylation sites (N-methyl/N-ethyl adjacent to an activating group) is 1. The van der Waals surface area contributed by atoms with E-state index in [0.717, 1.165) is 44.1 Å². The van der Waals surface area contributed by atoms with E-state index in [9.17, 15) is 4.79 Å². The molecule has 6 nitrogen and oxygen atoms in total. The number of rotatable bonds is 6. The molecule has 0 spiro atoms. The van der Waals surface area contributed by atoms with Gasteiger partial charge in [-0.15, -0.1) is 0 Å². The maximum atomic E-state index is 12.6. The topological polar surface area (TPSA) is 56.8 Å². The molecule has 1 heterocycles. The van der Waals surface area contributed by atoms with Crippen molar-refractivity contribution in [1.29, 1.82) is 0 Å². The van der Waals surface area contributed by atoms with Crippen molar-refractivity contribution in [3.63, 3.8) is 0 Å². The van der Waals surface area contributed by atoms with Gasteiger partial charge in [-0.2, -0.15) is 0 Å². The Labute approximate surface area is 188 Å². The number of carbonyl (C=O) groups is 1. The summed E-state index contributed by atoms with van der Waals surface area (Å²) in [5.74, 6) is 0.349. The fourth-order valence-corrected chi connectivity index (χ4v) is 3.94. The maximum Gasteiger partial charge on any atom is 0.257 e. The number of amides is 1. The number of hydrogen-bond donors (Lipinski definition) is 2. The van der Waals surface area contributed by atoms with E-state index in [1.807, 2.05) is 31.2 Å². The van der Waals surface area contributed by atoms with Crippen LogP contribution in [-0.4, -0.2) is 55.3 Å². The number of piperazine rings is 1. The van der Waals surface area contributed by atoms with Crippen LogP contribution in [-0.2, 0) is 0 Å². The first-order chi connectivity index (χ1) is 14.5. The SMILES string of the molecule is CCOc1cccc(C(=O)NC(=S)Nc2cccc(Cl)c2N2CCN(CC)CC2)c1. The smallest absolute Gasteiger partial charge is 0.257 e. The van der Waals surface area contributed by atoms with Crippen LogP contribution in [0.5, 0.6) is 5.75 Å². The van der Waals surface area contributed by atoms with Gasteiger partial charge in [0.15, 0.2) is 5.11 Å². The Hall–Kier alpha value is -2.35. The lowest BCUT2D eigenvalue weighted by Crippen LogP contribution is -2.46. The Morgan fingerprint density at radius 2 is 1.87 bits per heavy atom. The predicted molar refractivity (Wildman–Crippen MR) is 127 cm³/mol.